The minimum atomic E-state index is -0.0338. The molecule has 86 valence electrons. The van der Waals surface area contributed by atoms with Gasteiger partial charge in [0, 0.05) is 6.42 Å². The van der Waals surface area contributed by atoms with Crippen molar-refractivity contribution in [1.29, 1.82) is 0 Å². The van der Waals surface area contributed by atoms with E-state index in [2.05, 4.69) is 6.58 Å². The SMILES string of the molecule is C=CCC(Oc1cccc(Cl)c1Cl)C1CO1. The van der Waals surface area contributed by atoms with Crippen LogP contribution < -0.4 is 4.74 Å². The lowest BCUT2D eigenvalue weighted by Crippen LogP contribution is -2.22. The highest BCUT2D eigenvalue weighted by molar-refractivity contribution is 6.42. The Morgan fingerprint density at radius 3 is 2.94 bits per heavy atom. The summed E-state index contributed by atoms with van der Waals surface area (Å²) in [6.45, 7) is 4.43. The van der Waals surface area contributed by atoms with E-state index in [4.69, 9.17) is 32.7 Å². The van der Waals surface area contributed by atoms with Gasteiger partial charge in [-0.05, 0) is 12.1 Å². The number of hydrogen-bond acceptors (Lipinski definition) is 2. The molecule has 1 aliphatic rings. The van der Waals surface area contributed by atoms with Crippen LogP contribution in [-0.2, 0) is 4.74 Å². The lowest BCUT2D eigenvalue weighted by Gasteiger charge is -2.16. The third-order valence-corrected chi connectivity index (χ3v) is 3.17. The molecule has 1 fully saturated rings. The smallest absolute Gasteiger partial charge is 0.140 e. The molecule has 0 aromatic heterocycles. The molecule has 2 nitrogen and oxygen atoms in total. The van der Waals surface area contributed by atoms with Gasteiger partial charge in [0.1, 0.15) is 23.0 Å². The molecule has 0 N–H and O–H groups in total. The van der Waals surface area contributed by atoms with Crippen molar-refractivity contribution in [3.8, 4) is 5.75 Å². The Kier molecular flexibility index (Phi) is 3.74. The summed E-state index contributed by atoms with van der Waals surface area (Å²) in [5.74, 6) is 0.594. The quantitative estimate of drug-likeness (QED) is 0.593. The van der Waals surface area contributed by atoms with Crippen LogP contribution in [0.1, 0.15) is 6.42 Å². The molecule has 0 radical (unpaired) electrons. The Morgan fingerprint density at radius 2 is 2.31 bits per heavy atom. The molecule has 0 bridgehead atoms. The monoisotopic (exact) mass is 258 g/mol. The zero-order valence-electron chi connectivity index (χ0n) is 8.66. The van der Waals surface area contributed by atoms with Crippen molar-refractivity contribution in [2.45, 2.75) is 18.6 Å². The molecule has 2 rings (SSSR count). The van der Waals surface area contributed by atoms with Gasteiger partial charge >= 0.3 is 0 Å². The van der Waals surface area contributed by atoms with Crippen molar-refractivity contribution in [2.75, 3.05) is 6.61 Å². The van der Waals surface area contributed by atoms with Gasteiger partial charge in [-0.2, -0.15) is 0 Å². The first-order valence-corrected chi connectivity index (χ1v) is 5.81. The number of hydrogen-bond donors (Lipinski definition) is 0. The van der Waals surface area contributed by atoms with Crippen molar-refractivity contribution in [1.82, 2.24) is 0 Å². The maximum Gasteiger partial charge on any atom is 0.140 e. The molecule has 0 aliphatic carbocycles. The molecule has 4 heteroatoms. The van der Waals surface area contributed by atoms with E-state index in [0.717, 1.165) is 13.0 Å². The summed E-state index contributed by atoms with van der Waals surface area (Å²) in [5, 5.41) is 0.937. The molecule has 0 amide bonds. The lowest BCUT2D eigenvalue weighted by atomic mass is 10.2. The molecule has 0 spiro atoms. The second-order valence-electron chi connectivity index (χ2n) is 3.60. The number of rotatable bonds is 5. The number of ether oxygens (including phenoxy) is 2. The molecule has 1 aromatic carbocycles. The average Bonchev–Trinajstić information content (AvgIpc) is 3.07. The van der Waals surface area contributed by atoms with Gasteiger partial charge in [-0.3, -0.25) is 0 Å². The van der Waals surface area contributed by atoms with Gasteiger partial charge in [0.2, 0.25) is 0 Å². The van der Waals surface area contributed by atoms with Crippen molar-refractivity contribution in [2.24, 2.45) is 0 Å². The van der Waals surface area contributed by atoms with Crippen LogP contribution in [0.15, 0.2) is 30.9 Å². The molecule has 2 unspecified atom stereocenters. The average molecular weight is 259 g/mol. The first-order valence-electron chi connectivity index (χ1n) is 5.05. The lowest BCUT2D eigenvalue weighted by molar-refractivity contribution is 0.162. The predicted octanol–water partition coefficient (Wildman–Crippen LogP) is 3.72. The Labute approximate surface area is 105 Å². The summed E-state index contributed by atoms with van der Waals surface area (Å²) in [6.07, 6.45) is 2.65. The molecular formula is C12H12Cl2O2. The van der Waals surface area contributed by atoms with E-state index in [1.54, 1.807) is 12.1 Å². The second-order valence-corrected chi connectivity index (χ2v) is 4.39. The fourth-order valence-corrected chi connectivity index (χ4v) is 1.78. The van der Waals surface area contributed by atoms with Crippen LogP contribution in [0.2, 0.25) is 10.0 Å². The highest BCUT2D eigenvalue weighted by atomic mass is 35.5. The van der Waals surface area contributed by atoms with Crippen LogP contribution in [0, 0.1) is 0 Å². The van der Waals surface area contributed by atoms with Crippen molar-refractivity contribution >= 4 is 23.2 Å². The normalized spacial score (nSPS) is 20.2. The van der Waals surface area contributed by atoms with E-state index in [1.165, 1.54) is 0 Å². The van der Waals surface area contributed by atoms with E-state index >= 15 is 0 Å². The van der Waals surface area contributed by atoms with Crippen LogP contribution >= 0.6 is 23.2 Å². The molecule has 16 heavy (non-hydrogen) atoms. The van der Waals surface area contributed by atoms with Crippen LogP contribution in [0.25, 0.3) is 0 Å². The zero-order valence-corrected chi connectivity index (χ0v) is 10.2. The third kappa shape index (κ3) is 2.70. The summed E-state index contributed by atoms with van der Waals surface area (Å²) < 4.78 is 11.0. The molecule has 2 atom stereocenters. The number of epoxide rings is 1. The Morgan fingerprint density at radius 1 is 1.56 bits per heavy atom. The second kappa shape index (κ2) is 5.09. The topological polar surface area (TPSA) is 21.8 Å². The van der Waals surface area contributed by atoms with Crippen molar-refractivity contribution < 1.29 is 9.47 Å². The van der Waals surface area contributed by atoms with Gasteiger partial charge in [0.05, 0.1) is 11.6 Å². The van der Waals surface area contributed by atoms with Crippen molar-refractivity contribution in [3.63, 3.8) is 0 Å². The Bertz CT molecular complexity index is 389. The molecule has 1 aromatic rings. The maximum atomic E-state index is 6.04. The minimum Gasteiger partial charge on any atom is -0.486 e. The number of halogens is 2. The molecule has 1 aliphatic heterocycles. The van der Waals surface area contributed by atoms with Crippen LogP contribution in [0.4, 0.5) is 0 Å². The maximum absolute atomic E-state index is 6.04. The van der Waals surface area contributed by atoms with Crippen molar-refractivity contribution in [3.05, 3.63) is 40.9 Å². The van der Waals surface area contributed by atoms with E-state index in [0.29, 0.717) is 15.8 Å². The summed E-state index contributed by atoms with van der Waals surface area (Å²) in [4.78, 5) is 0. The fourth-order valence-electron chi connectivity index (χ4n) is 1.45. The van der Waals surface area contributed by atoms with E-state index in [1.807, 2.05) is 12.1 Å². The largest absolute Gasteiger partial charge is 0.486 e. The molecule has 1 heterocycles. The van der Waals surface area contributed by atoms with Gasteiger partial charge in [-0.15, -0.1) is 6.58 Å². The highest BCUT2D eigenvalue weighted by Crippen LogP contribution is 2.34. The summed E-state index contributed by atoms with van der Waals surface area (Å²) in [5.41, 5.74) is 0. The third-order valence-electron chi connectivity index (χ3n) is 2.37. The summed E-state index contributed by atoms with van der Waals surface area (Å²) in [7, 11) is 0. The number of benzene rings is 1. The highest BCUT2D eigenvalue weighted by Gasteiger charge is 2.34. The van der Waals surface area contributed by atoms with E-state index in [9.17, 15) is 0 Å². The van der Waals surface area contributed by atoms with Gasteiger partial charge in [-0.25, -0.2) is 0 Å². The van der Waals surface area contributed by atoms with E-state index < -0.39 is 0 Å². The summed E-state index contributed by atoms with van der Waals surface area (Å²) in [6, 6.07) is 5.34. The van der Waals surface area contributed by atoms with Gasteiger partial charge < -0.3 is 9.47 Å². The molecule has 0 saturated carbocycles. The van der Waals surface area contributed by atoms with Crippen LogP contribution in [0.3, 0.4) is 0 Å². The standard InChI is InChI=1S/C12H12Cl2O2/c1-2-4-9(11-7-15-11)16-10-6-3-5-8(13)12(10)14/h2-3,5-6,9,11H,1,4,7H2. The molecular weight excluding hydrogens is 247 g/mol. The van der Waals surface area contributed by atoms with Gasteiger partial charge in [0.25, 0.3) is 0 Å². The Hall–Kier alpha value is -0.700. The van der Waals surface area contributed by atoms with Crippen LogP contribution in [-0.4, -0.2) is 18.8 Å². The molecule has 1 saturated heterocycles. The van der Waals surface area contributed by atoms with Crippen LogP contribution in [0.5, 0.6) is 5.75 Å². The zero-order chi connectivity index (χ0) is 11.5. The fraction of sp³-hybridized carbons (Fsp3) is 0.333. The first kappa shape index (κ1) is 11.8. The minimum absolute atomic E-state index is 0.0338. The summed E-state index contributed by atoms with van der Waals surface area (Å²) >= 11 is 11.9. The predicted molar refractivity (Wildman–Crippen MR) is 65.4 cm³/mol. The van der Waals surface area contributed by atoms with Gasteiger partial charge in [0.15, 0.2) is 0 Å². The van der Waals surface area contributed by atoms with E-state index in [-0.39, 0.29) is 12.2 Å². The first-order chi connectivity index (χ1) is 7.72. The Balaban J connectivity index is 2.11. The van der Waals surface area contributed by atoms with Gasteiger partial charge in [-0.1, -0.05) is 35.3 Å².